The Labute approximate surface area is 354 Å². The smallest absolute Gasteiger partial charge is 0.417 e. The van der Waals surface area contributed by atoms with Gasteiger partial charge in [-0.1, -0.05) is 48.9 Å². The summed E-state index contributed by atoms with van der Waals surface area (Å²) in [6.07, 6.45) is -11.2. The molecule has 0 spiro atoms. The van der Waals surface area contributed by atoms with Crippen molar-refractivity contribution in [3.63, 3.8) is 0 Å². The van der Waals surface area contributed by atoms with Crippen LogP contribution in [0.5, 0.6) is 28.2 Å². The quantitative estimate of drug-likeness (QED) is 0.104. The van der Waals surface area contributed by atoms with Crippen LogP contribution in [0.1, 0.15) is 50.7 Å². The van der Waals surface area contributed by atoms with Crippen molar-refractivity contribution in [2.45, 2.75) is 75.9 Å². The second kappa shape index (κ2) is 20.0. The molecule has 0 amide bonds. The number of phenolic OH excluding ortho intramolecular Hbond substituents is 1. The molecule has 6 rings (SSSR count). The van der Waals surface area contributed by atoms with E-state index in [0.29, 0.717) is 15.8 Å². The van der Waals surface area contributed by atoms with E-state index in [1.807, 2.05) is 0 Å². The molecule has 6 aromatic rings. The van der Waals surface area contributed by atoms with Crippen molar-refractivity contribution in [3.05, 3.63) is 99.5 Å². The van der Waals surface area contributed by atoms with Gasteiger partial charge in [0, 0.05) is 12.1 Å². The van der Waals surface area contributed by atoms with Gasteiger partial charge < -0.3 is 29.5 Å². The molecule has 2 aromatic heterocycles. The molecule has 0 bridgehead atoms. The van der Waals surface area contributed by atoms with Gasteiger partial charge in [-0.15, -0.1) is 11.3 Å². The molecule has 61 heavy (non-hydrogen) atoms. The van der Waals surface area contributed by atoms with Crippen molar-refractivity contribution in [1.82, 2.24) is 9.97 Å². The van der Waals surface area contributed by atoms with Crippen molar-refractivity contribution >= 4 is 54.7 Å². The van der Waals surface area contributed by atoms with E-state index in [9.17, 15) is 59.2 Å². The van der Waals surface area contributed by atoms with E-state index >= 15 is 0 Å². The lowest BCUT2D eigenvalue weighted by molar-refractivity contribution is -0.263. The van der Waals surface area contributed by atoms with Crippen LogP contribution < -0.4 is 14.2 Å². The average Bonchev–Trinajstić information content (AvgIpc) is 3.78. The molecule has 0 aliphatic carbocycles. The number of hydrogen-bond donors (Lipinski definition) is 3. The lowest BCUT2D eigenvalue weighted by Crippen LogP contribution is -2.44. The Balaban J connectivity index is 0.000000224. The number of nitrogens with zero attached hydrogens (tertiary/aromatic N) is 2. The molecule has 2 heterocycles. The first-order valence-corrected chi connectivity index (χ1v) is 19.9. The standard InChI is InChI=1S/C20H18F5NO3S.C13H17F3O3.C7H2ClF2NS/c1-3-19(27,20(23,24)25)7-6-11-4-5-14(15(8-11)28-2)29-18-26-17-13(22)9-12(21)10-16(17)30-18;1-3-12(18,13(14,15)16)7-6-9-4-5-10(17)11(8-9)19-2;8-7-11-6-4(10)1-3(9)2-5(6)12-7/h4-5,8-10,27H,3,6-7H2,1-2H3;4-5,8,17-18H,3,6-7H2,1-2H3;1-2H. The third-order valence-corrected chi connectivity index (χ3v) is 11.3. The Kier molecular flexibility index (Phi) is 16.1. The van der Waals surface area contributed by atoms with Crippen LogP contribution in [0.3, 0.4) is 0 Å². The van der Waals surface area contributed by atoms with Gasteiger partial charge in [0.2, 0.25) is 0 Å². The molecule has 0 saturated carbocycles. The van der Waals surface area contributed by atoms with Crippen molar-refractivity contribution in [3.8, 4) is 28.2 Å². The van der Waals surface area contributed by atoms with Crippen LogP contribution in [-0.2, 0) is 12.8 Å². The number of phenols is 1. The minimum atomic E-state index is -4.73. The number of aliphatic hydroxyl groups is 2. The summed E-state index contributed by atoms with van der Waals surface area (Å²) in [6.45, 7) is 2.57. The summed E-state index contributed by atoms with van der Waals surface area (Å²) in [4.78, 5) is 7.69. The molecular weight excluding hydrogens is 894 g/mol. The number of benzene rings is 4. The van der Waals surface area contributed by atoms with Crippen LogP contribution in [-0.4, -0.2) is 63.1 Å². The maximum absolute atomic E-state index is 13.8. The van der Waals surface area contributed by atoms with Gasteiger partial charge in [-0.2, -0.15) is 31.3 Å². The van der Waals surface area contributed by atoms with Crippen LogP contribution in [0.4, 0.5) is 43.9 Å². The fourth-order valence-corrected chi connectivity index (χ4v) is 7.51. The molecule has 0 fully saturated rings. The van der Waals surface area contributed by atoms with Gasteiger partial charge in [-0.05, 0) is 86.1 Å². The number of hydrogen-bond acceptors (Lipinski definition) is 10. The van der Waals surface area contributed by atoms with Crippen LogP contribution in [0.15, 0.2) is 60.7 Å². The van der Waals surface area contributed by atoms with Gasteiger partial charge in [-0.3, -0.25) is 0 Å². The number of halogens is 11. The van der Waals surface area contributed by atoms with Crippen LogP contribution in [0, 0.1) is 23.3 Å². The summed E-state index contributed by atoms with van der Waals surface area (Å²) in [7, 11) is 2.72. The molecule has 2 unspecified atom stereocenters. The van der Waals surface area contributed by atoms with Crippen LogP contribution in [0.2, 0.25) is 4.47 Å². The predicted molar refractivity (Wildman–Crippen MR) is 211 cm³/mol. The Bertz CT molecular complexity index is 2430. The Morgan fingerprint density at radius 2 is 1.08 bits per heavy atom. The summed E-state index contributed by atoms with van der Waals surface area (Å²) in [6, 6.07) is 12.7. The van der Waals surface area contributed by atoms with Crippen LogP contribution in [0.25, 0.3) is 20.4 Å². The number of fused-ring (bicyclic) bond motifs is 2. The van der Waals surface area contributed by atoms with Crippen molar-refractivity contribution in [2.24, 2.45) is 0 Å². The van der Waals surface area contributed by atoms with Crippen molar-refractivity contribution in [2.75, 3.05) is 14.2 Å². The van der Waals surface area contributed by atoms with Gasteiger partial charge in [0.1, 0.15) is 22.7 Å². The first kappa shape index (κ1) is 49.0. The first-order valence-electron chi connectivity index (χ1n) is 17.9. The largest absolute Gasteiger partial charge is 0.504 e. The fraction of sp³-hybridized carbons (Fsp3) is 0.350. The second-order valence-electron chi connectivity index (χ2n) is 13.3. The Morgan fingerprint density at radius 1 is 0.623 bits per heavy atom. The highest BCUT2D eigenvalue weighted by Crippen LogP contribution is 2.40. The monoisotopic (exact) mass is 930 g/mol. The lowest BCUT2D eigenvalue weighted by Gasteiger charge is -2.29. The maximum atomic E-state index is 13.8. The number of rotatable bonds is 12. The zero-order chi connectivity index (χ0) is 45.5. The summed E-state index contributed by atoms with van der Waals surface area (Å²) in [5.41, 5.74) is -4.28. The predicted octanol–water partition coefficient (Wildman–Crippen LogP) is 12.3. The minimum absolute atomic E-state index is 0.0296. The van der Waals surface area contributed by atoms with Crippen molar-refractivity contribution < 1.29 is 73.4 Å². The van der Waals surface area contributed by atoms with Gasteiger partial charge in [0.05, 0.1) is 23.6 Å². The van der Waals surface area contributed by atoms with Gasteiger partial charge in [0.15, 0.2) is 50.3 Å². The number of methoxy groups -OCH3 is 2. The SMILES string of the molecule is CCC(O)(CCc1ccc(O)c(OC)c1)C(F)(F)F.CCC(O)(CCc1ccc(Oc2nc3c(F)cc(F)cc3s2)c(OC)c1)C(F)(F)F.Fc1cc(F)c2nc(Cl)sc2c1. The first-order chi connectivity index (χ1) is 28.5. The lowest BCUT2D eigenvalue weighted by atomic mass is 9.91. The number of aromatic nitrogens is 2. The summed E-state index contributed by atoms with van der Waals surface area (Å²) in [5.74, 6) is -2.27. The molecule has 0 radical (unpaired) electrons. The third kappa shape index (κ3) is 12.3. The van der Waals surface area contributed by atoms with E-state index in [4.69, 9.17) is 25.8 Å². The van der Waals surface area contributed by atoms with Crippen LogP contribution >= 0.6 is 34.3 Å². The average molecular weight is 931 g/mol. The number of aryl methyl sites for hydroxylation is 2. The molecule has 3 N–H and O–H groups in total. The van der Waals surface area contributed by atoms with Crippen molar-refractivity contribution in [1.29, 1.82) is 0 Å². The van der Waals surface area contributed by atoms with Gasteiger partial charge in [-0.25, -0.2) is 22.5 Å². The zero-order valence-electron chi connectivity index (χ0n) is 32.5. The molecule has 0 aliphatic heterocycles. The summed E-state index contributed by atoms with van der Waals surface area (Å²) < 4.78 is 147. The molecule has 2 atom stereocenters. The zero-order valence-corrected chi connectivity index (χ0v) is 34.8. The van der Waals surface area contributed by atoms with E-state index in [2.05, 4.69) is 9.97 Å². The van der Waals surface area contributed by atoms with E-state index in [0.717, 1.165) is 40.9 Å². The second-order valence-corrected chi connectivity index (χ2v) is 15.9. The molecule has 4 aromatic carbocycles. The molecule has 21 heteroatoms. The van der Waals surface area contributed by atoms with E-state index in [1.165, 1.54) is 70.5 Å². The fourth-order valence-electron chi connectivity index (χ4n) is 5.57. The topological polar surface area (TPSA) is 114 Å². The third-order valence-electron chi connectivity index (χ3n) is 9.33. The highest BCUT2D eigenvalue weighted by molar-refractivity contribution is 7.22. The number of thiazole rings is 2. The van der Waals surface area contributed by atoms with Gasteiger partial charge in [0.25, 0.3) is 5.19 Å². The molecule has 8 nitrogen and oxygen atoms in total. The van der Waals surface area contributed by atoms with E-state index in [-0.39, 0.29) is 61.2 Å². The minimum Gasteiger partial charge on any atom is -0.504 e. The molecule has 0 aliphatic rings. The molecule has 0 saturated heterocycles. The summed E-state index contributed by atoms with van der Waals surface area (Å²) in [5, 5.41) is 28.9. The maximum Gasteiger partial charge on any atom is 0.417 e. The van der Waals surface area contributed by atoms with Gasteiger partial charge >= 0.3 is 12.4 Å². The number of alkyl halides is 6. The van der Waals surface area contributed by atoms with E-state index < -0.39 is 72.5 Å². The number of ether oxygens (including phenoxy) is 3. The highest BCUT2D eigenvalue weighted by Gasteiger charge is 2.52. The highest BCUT2D eigenvalue weighted by atomic mass is 35.5. The summed E-state index contributed by atoms with van der Waals surface area (Å²) >= 11 is 7.52. The molecular formula is C40H37ClF10N2O6S2. The molecule has 332 valence electrons. The number of aromatic hydroxyl groups is 1. The Hall–Kier alpha value is -4.63. The Morgan fingerprint density at radius 3 is 1.56 bits per heavy atom. The normalized spacial score (nSPS) is 13.7. The van der Waals surface area contributed by atoms with E-state index in [1.54, 1.807) is 0 Å².